The van der Waals surface area contributed by atoms with E-state index in [0.717, 1.165) is 20.9 Å². The number of methoxy groups -OCH3 is 1. The third-order valence-corrected chi connectivity index (χ3v) is 6.09. The summed E-state index contributed by atoms with van der Waals surface area (Å²) in [6.45, 7) is 3.64. The molecule has 4 amide bonds. The summed E-state index contributed by atoms with van der Waals surface area (Å²) in [5, 5.41) is 5.73. The van der Waals surface area contributed by atoms with Crippen LogP contribution in [0.5, 0.6) is 11.5 Å². The summed E-state index contributed by atoms with van der Waals surface area (Å²) in [5.41, 5.74) is 0.0430. The van der Waals surface area contributed by atoms with Crippen molar-refractivity contribution in [2.24, 2.45) is 0 Å². The van der Waals surface area contributed by atoms with Gasteiger partial charge >= 0.3 is 6.03 Å². The van der Waals surface area contributed by atoms with Crippen LogP contribution < -0.4 is 20.1 Å². The molecule has 0 saturated carbocycles. The Labute approximate surface area is 188 Å². The van der Waals surface area contributed by atoms with Crippen molar-refractivity contribution in [1.29, 1.82) is 0 Å². The second-order valence-electron chi connectivity index (χ2n) is 7.30. The molecule has 2 aromatic carbocycles. The fraction of sp³-hybridized carbons (Fsp3) is 0.273. The molecule has 1 fully saturated rings. The number of fused-ring (bicyclic) bond motifs is 1. The van der Waals surface area contributed by atoms with Gasteiger partial charge < -0.3 is 20.1 Å². The summed E-state index contributed by atoms with van der Waals surface area (Å²) in [6, 6.07) is 11.7. The lowest BCUT2D eigenvalue weighted by atomic mass is 9.92. The SMILES string of the molecule is CCOc1ccc2nc(NC(=O)CN3C(=O)NC(C)(c4ccc(OC)cc4)C3=O)sc2c1. The van der Waals surface area contributed by atoms with E-state index in [2.05, 4.69) is 15.6 Å². The highest BCUT2D eigenvalue weighted by Crippen LogP contribution is 2.31. The van der Waals surface area contributed by atoms with Crippen molar-refractivity contribution in [1.82, 2.24) is 15.2 Å². The van der Waals surface area contributed by atoms with E-state index in [-0.39, 0.29) is 0 Å². The number of hydrogen-bond donors (Lipinski definition) is 2. The van der Waals surface area contributed by atoms with Gasteiger partial charge in [0.1, 0.15) is 23.6 Å². The second kappa shape index (κ2) is 8.46. The van der Waals surface area contributed by atoms with Crippen molar-refractivity contribution in [3.05, 3.63) is 48.0 Å². The number of hydrogen-bond acceptors (Lipinski definition) is 7. The lowest BCUT2D eigenvalue weighted by molar-refractivity contribution is -0.133. The van der Waals surface area contributed by atoms with E-state index in [1.54, 1.807) is 38.3 Å². The molecule has 0 bridgehead atoms. The van der Waals surface area contributed by atoms with E-state index in [9.17, 15) is 14.4 Å². The maximum atomic E-state index is 13.0. The number of amides is 4. The van der Waals surface area contributed by atoms with E-state index in [1.165, 1.54) is 11.3 Å². The molecule has 1 aromatic heterocycles. The zero-order valence-corrected chi connectivity index (χ0v) is 18.6. The molecule has 4 rings (SSSR count). The molecule has 3 aromatic rings. The Hall–Kier alpha value is -3.66. The Bertz CT molecular complexity index is 1190. The van der Waals surface area contributed by atoms with Crippen LogP contribution in [0.1, 0.15) is 19.4 Å². The monoisotopic (exact) mass is 454 g/mol. The summed E-state index contributed by atoms with van der Waals surface area (Å²) >= 11 is 1.29. The van der Waals surface area contributed by atoms with Gasteiger partial charge in [0.15, 0.2) is 5.13 Å². The lowest BCUT2D eigenvalue weighted by Gasteiger charge is -2.22. The predicted octanol–water partition coefficient (Wildman–Crippen LogP) is 3.11. The number of anilines is 1. The van der Waals surface area contributed by atoms with E-state index in [4.69, 9.17) is 9.47 Å². The van der Waals surface area contributed by atoms with Crippen LogP contribution >= 0.6 is 11.3 Å². The van der Waals surface area contributed by atoms with Gasteiger partial charge in [0, 0.05) is 0 Å². The van der Waals surface area contributed by atoms with Crippen molar-refractivity contribution in [2.75, 3.05) is 25.6 Å². The minimum Gasteiger partial charge on any atom is -0.497 e. The van der Waals surface area contributed by atoms with Crippen LogP contribution in [0.2, 0.25) is 0 Å². The normalized spacial score (nSPS) is 18.0. The Kier molecular flexibility index (Phi) is 5.70. The highest BCUT2D eigenvalue weighted by atomic mass is 32.1. The summed E-state index contributed by atoms with van der Waals surface area (Å²) in [6.07, 6.45) is 0. The number of imide groups is 1. The van der Waals surface area contributed by atoms with Crippen LogP contribution in [-0.2, 0) is 15.1 Å². The van der Waals surface area contributed by atoms with Crippen molar-refractivity contribution in [3.63, 3.8) is 0 Å². The first-order chi connectivity index (χ1) is 15.3. The number of carbonyl (C=O) groups is 3. The van der Waals surface area contributed by atoms with Crippen molar-refractivity contribution >= 4 is 44.5 Å². The fourth-order valence-electron chi connectivity index (χ4n) is 3.48. The summed E-state index contributed by atoms with van der Waals surface area (Å²) in [5.74, 6) is 0.332. The topological polar surface area (TPSA) is 110 Å². The molecular weight excluding hydrogens is 432 g/mol. The highest BCUT2D eigenvalue weighted by molar-refractivity contribution is 7.22. The molecule has 166 valence electrons. The molecule has 9 nitrogen and oxygen atoms in total. The Morgan fingerprint density at radius 3 is 2.59 bits per heavy atom. The molecule has 0 spiro atoms. The van der Waals surface area contributed by atoms with Gasteiger partial charge in [-0.25, -0.2) is 9.78 Å². The summed E-state index contributed by atoms with van der Waals surface area (Å²) < 4.78 is 11.5. The zero-order chi connectivity index (χ0) is 22.9. The summed E-state index contributed by atoms with van der Waals surface area (Å²) in [4.78, 5) is 43.4. The van der Waals surface area contributed by atoms with E-state index in [1.807, 2.05) is 25.1 Å². The van der Waals surface area contributed by atoms with Crippen molar-refractivity contribution in [3.8, 4) is 11.5 Å². The minimum atomic E-state index is -1.27. The van der Waals surface area contributed by atoms with Gasteiger partial charge in [-0.05, 0) is 49.7 Å². The van der Waals surface area contributed by atoms with E-state index >= 15 is 0 Å². The quantitative estimate of drug-likeness (QED) is 0.531. The standard InChI is InChI=1S/C22H22N4O5S/c1-4-31-15-9-10-16-17(11-15)32-20(23-16)24-18(27)12-26-19(28)22(2,25-21(26)29)13-5-7-14(30-3)8-6-13/h5-11H,4,12H2,1-3H3,(H,25,29)(H,23,24,27). The molecule has 0 aliphatic carbocycles. The van der Waals surface area contributed by atoms with Crippen molar-refractivity contribution in [2.45, 2.75) is 19.4 Å². The third-order valence-electron chi connectivity index (χ3n) is 5.16. The molecule has 1 saturated heterocycles. The largest absolute Gasteiger partial charge is 0.497 e. The summed E-state index contributed by atoms with van der Waals surface area (Å²) in [7, 11) is 1.54. The van der Waals surface area contributed by atoms with Crippen molar-refractivity contribution < 1.29 is 23.9 Å². The molecule has 32 heavy (non-hydrogen) atoms. The molecule has 1 aliphatic rings. The van der Waals surface area contributed by atoms with Gasteiger partial charge in [-0.2, -0.15) is 0 Å². The molecule has 1 aliphatic heterocycles. The second-order valence-corrected chi connectivity index (χ2v) is 8.34. The first-order valence-electron chi connectivity index (χ1n) is 9.96. The van der Waals surface area contributed by atoms with Gasteiger partial charge in [0.25, 0.3) is 5.91 Å². The number of urea groups is 1. The van der Waals surface area contributed by atoms with Gasteiger partial charge in [-0.15, -0.1) is 0 Å². The van der Waals surface area contributed by atoms with Crippen LogP contribution in [0.4, 0.5) is 9.93 Å². The molecular formula is C22H22N4O5S. The number of nitrogens with zero attached hydrogens (tertiary/aromatic N) is 2. The first-order valence-corrected chi connectivity index (χ1v) is 10.8. The number of benzene rings is 2. The highest BCUT2D eigenvalue weighted by Gasteiger charge is 2.49. The maximum absolute atomic E-state index is 13.0. The Balaban J connectivity index is 1.46. The minimum absolute atomic E-state index is 0.378. The fourth-order valence-corrected chi connectivity index (χ4v) is 4.39. The lowest BCUT2D eigenvalue weighted by Crippen LogP contribution is -2.42. The van der Waals surface area contributed by atoms with Gasteiger partial charge in [-0.1, -0.05) is 23.5 Å². The zero-order valence-electron chi connectivity index (χ0n) is 17.8. The van der Waals surface area contributed by atoms with Crippen LogP contribution in [0.3, 0.4) is 0 Å². The molecule has 1 atom stereocenters. The van der Waals surface area contributed by atoms with Gasteiger partial charge in [0.05, 0.1) is 23.9 Å². The van der Waals surface area contributed by atoms with Crippen LogP contribution in [0.15, 0.2) is 42.5 Å². The van der Waals surface area contributed by atoms with E-state index < -0.39 is 29.9 Å². The third kappa shape index (κ3) is 3.96. The maximum Gasteiger partial charge on any atom is 0.325 e. The Morgan fingerprint density at radius 1 is 1.19 bits per heavy atom. The number of ether oxygens (including phenoxy) is 2. The average molecular weight is 455 g/mol. The number of carbonyl (C=O) groups excluding carboxylic acids is 3. The van der Waals surface area contributed by atoms with Crippen LogP contribution in [-0.4, -0.2) is 48.0 Å². The molecule has 10 heteroatoms. The molecule has 0 radical (unpaired) electrons. The Morgan fingerprint density at radius 2 is 1.91 bits per heavy atom. The average Bonchev–Trinajstić information content (AvgIpc) is 3.27. The molecule has 2 N–H and O–H groups in total. The number of thiazole rings is 1. The molecule has 1 unspecified atom stereocenters. The first kappa shape index (κ1) is 21.6. The van der Waals surface area contributed by atoms with Gasteiger partial charge in [0.2, 0.25) is 5.91 Å². The predicted molar refractivity (Wildman–Crippen MR) is 120 cm³/mol. The smallest absolute Gasteiger partial charge is 0.325 e. The van der Waals surface area contributed by atoms with Crippen LogP contribution in [0.25, 0.3) is 10.2 Å². The van der Waals surface area contributed by atoms with Crippen LogP contribution in [0, 0.1) is 0 Å². The number of rotatable bonds is 7. The number of nitrogens with one attached hydrogen (secondary N) is 2. The van der Waals surface area contributed by atoms with Gasteiger partial charge in [-0.3, -0.25) is 14.5 Å². The molecule has 2 heterocycles. The van der Waals surface area contributed by atoms with E-state index in [0.29, 0.717) is 23.1 Å². The number of aromatic nitrogens is 1.